The van der Waals surface area contributed by atoms with Gasteiger partial charge in [-0.25, -0.2) is 0 Å². The van der Waals surface area contributed by atoms with E-state index in [4.69, 9.17) is 4.74 Å². The van der Waals surface area contributed by atoms with Crippen LogP contribution < -0.4 is 10.6 Å². The number of amides is 1. The fraction of sp³-hybridized carbons (Fsp3) is 0.933. The predicted molar refractivity (Wildman–Crippen MR) is 78.1 cm³/mol. The normalized spacial score (nSPS) is 20.3. The lowest BCUT2D eigenvalue weighted by atomic mass is 9.81. The molecule has 1 unspecified atom stereocenters. The SMILES string of the molecule is CC(C)CCOC(C)C(=O)NCC1(C)CCNCC1. The van der Waals surface area contributed by atoms with Crippen molar-refractivity contribution >= 4 is 5.91 Å². The summed E-state index contributed by atoms with van der Waals surface area (Å²) < 4.78 is 5.56. The zero-order valence-corrected chi connectivity index (χ0v) is 12.9. The summed E-state index contributed by atoms with van der Waals surface area (Å²) in [6.45, 7) is 11.9. The molecule has 0 saturated carbocycles. The molecule has 2 N–H and O–H groups in total. The van der Waals surface area contributed by atoms with E-state index in [1.54, 1.807) is 0 Å². The highest BCUT2D eigenvalue weighted by atomic mass is 16.5. The standard InChI is InChI=1S/C15H30N2O2/c1-12(2)5-10-19-13(3)14(18)17-11-15(4)6-8-16-9-7-15/h12-13,16H,5-11H2,1-4H3,(H,17,18). The van der Waals surface area contributed by atoms with Gasteiger partial charge >= 0.3 is 0 Å². The van der Waals surface area contributed by atoms with Crippen LogP contribution in [0.4, 0.5) is 0 Å². The topological polar surface area (TPSA) is 50.4 Å². The Kier molecular flexibility index (Phi) is 6.80. The molecule has 1 fully saturated rings. The fourth-order valence-corrected chi connectivity index (χ4v) is 2.21. The molecule has 0 aromatic heterocycles. The van der Waals surface area contributed by atoms with Gasteiger partial charge in [0.1, 0.15) is 6.10 Å². The maximum Gasteiger partial charge on any atom is 0.248 e. The van der Waals surface area contributed by atoms with E-state index in [-0.39, 0.29) is 17.4 Å². The first kappa shape index (κ1) is 16.4. The summed E-state index contributed by atoms with van der Waals surface area (Å²) >= 11 is 0. The molecular weight excluding hydrogens is 240 g/mol. The second-order valence-electron chi connectivity index (χ2n) is 6.47. The van der Waals surface area contributed by atoms with Crippen LogP contribution in [0.1, 0.15) is 47.0 Å². The van der Waals surface area contributed by atoms with Crippen LogP contribution in [-0.4, -0.2) is 38.3 Å². The molecule has 0 spiro atoms. The average molecular weight is 270 g/mol. The highest BCUT2D eigenvalue weighted by molar-refractivity contribution is 5.80. The zero-order chi connectivity index (χ0) is 14.3. The van der Waals surface area contributed by atoms with Crippen molar-refractivity contribution in [3.63, 3.8) is 0 Å². The Bertz CT molecular complexity index is 273. The van der Waals surface area contributed by atoms with Crippen LogP contribution in [-0.2, 0) is 9.53 Å². The summed E-state index contributed by atoms with van der Waals surface area (Å²) in [5, 5.41) is 6.39. The van der Waals surface area contributed by atoms with Crippen molar-refractivity contribution in [3.05, 3.63) is 0 Å². The molecule has 112 valence electrons. The minimum absolute atomic E-state index is 0.0171. The van der Waals surface area contributed by atoms with Crippen molar-refractivity contribution in [2.75, 3.05) is 26.2 Å². The van der Waals surface area contributed by atoms with Crippen molar-refractivity contribution in [1.29, 1.82) is 0 Å². The summed E-state index contributed by atoms with van der Waals surface area (Å²) in [5.41, 5.74) is 0.235. The summed E-state index contributed by atoms with van der Waals surface area (Å²) in [6, 6.07) is 0. The van der Waals surface area contributed by atoms with Gasteiger partial charge in [-0.15, -0.1) is 0 Å². The first-order valence-electron chi connectivity index (χ1n) is 7.53. The van der Waals surface area contributed by atoms with E-state index >= 15 is 0 Å². The highest BCUT2D eigenvalue weighted by Crippen LogP contribution is 2.26. The molecular formula is C15H30N2O2. The fourth-order valence-electron chi connectivity index (χ4n) is 2.21. The average Bonchev–Trinajstić information content (AvgIpc) is 2.36. The van der Waals surface area contributed by atoms with Crippen molar-refractivity contribution in [2.24, 2.45) is 11.3 Å². The molecule has 1 rings (SSSR count). The summed E-state index contributed by atoms with van der Waals surface area (Å²) in [4.78, 5) is 12.0. The third-order valence-electron chi connectivity index (χ3n) is 3.93. The molecule has 1 aliphatic heterocycles. The molecule has 1 atom stereocenters. The Morgan fingerprint density at radius 1 is 1.32 bits per heavy atom. The maximum absolute atomic E-state index is 12.0. The number of carbonyl (C=O) groups is 1. The Balaban J connectivity index is 2.22. The van der Waals surface area contributed by atoms with Crippen LogP contribution >= 0.6 is 0 Å². The lowest BCUT2D eigenvalue weighted by molar-refractivity contribution is -0.132. The number of carbonyl (C=O) groups excluding carboxylic acids is 1. The number of nitrogens with one attached hydrogen (secondary N) is 2. The molecule has 4 nitrogen and oxygen atoms in total. The number of piperidine rings is 1. The van der Waals surface area contributed by atoms with Crippen molar-refractivity contribution in [1.82, 2.24) is 10.6 Å². The van der Waals surface area contributed by atoms with Gasteiger partial charge in [0, 0.05) is 13.2 Å². The van der Waals surface area contributed by atoms with E-state index in [9.17, 15) is 4.79 Å². The molecule has 1 aliphatic rings. The molecule has 1 heterocycles. The summed E-state index contributed by atoms with van der Waals surface area (Å²) in [6.07, 6.45) is 2.90. The van der Waals surface area contributed by atoms with E-state index in [1.807, 2.05) is 6.92 Å². The van der Waals surface area contributed by atoms with Crippen molar-refractivity contribution < 1.29 is 9.53 Å². The summed E-state index contributed by atoms with van der Waals surface area (Å²) in [5.74, 6) is 0.632. The third-order valence-corrected chi connectivity index (χ3v) is 3.93. The third kappa shape index (κ3) is 6.39. The van der Waals surface area contributed by atoms with E-state index in [0.717, 1.165) is 38.9 Å². The van der Waals surface area contributed by atoms with Gasteiger partial charge in [-0.2, -0.15) is 0 Å². The quantitative estimate of drug-likeness (QED) is 0.743. The van der Waals surface area contributed by atoms with E-state index in [1.165, 1.54) is 0 Å². The zero-order valence-electron chi connectivity index (χ0n) is 12.9. The summed E-state index contributed by atoms with van der Waals surface area (Å²) in [7, 11) is 0. The molecule has 0 aromatic carbocycles. The molecule has 0 aliphatic carbocycles. The molecule has 4 heteroatoms. The second kappa shape index (κ2) is 7.85. The van der Waals surface area contributed by atoms with E-state index < -0.39 is 0 Å². The van der Waals surface area contributed by atoms with Crippen LogP contribution in [0.3, 0.4) is 0 Å². The van der Waals surface area contributed by atoms with Crippen LogP contribution in [0.2, 0.25) is 0 Å². The Hall–Kier alpha value is -0.610. The van der Waals surface area contributed by atoms with Crippen molar-refractivity contribution in [3.8, 4) is 0 Å². The second-order valence-corrected chi connectivity index (χ2v) is 6.47. The van der Waals surface area contributed by atoms with Crippen molar-refractivity contribution in [2.45, 2.75) is 53.1 Å². The lowest BCUT2D eigenvalue weighted by Crippen LogP contribution is -2.45. The smallest absolute Gasteiger partial charge is 0.248 e. The lowest BCUT2D eigenvalue weighted by Gasteiger charge is -2.34. The highest BCUT2D eigenvalue weighted by Gasteiger charge is 2.27. The number of ether oxygens (including phenoxy) is 1. The van der Waals surface area contributed by atoms with Crippen LogP contribution in [0.5, 0.6) is 0 Å². The van der Waals surface area contributed by atoms with Gasteiger partial charge < -0.3 is 15.4 Å². The Morgan fingerprint density at radius 3 is 2.53 bits per heavy atom. The Labute approximate surface area is 117 Å². The minimum atomic E-state index is -0.343. The maximum atomic E-state index is 12.0. The van der Waals surface area contributed by atoms with Gasteiger partial charge in [0.05, 0.1) is 0 Å². The van der Waals surface area contributed by atoms with Crippen LogP contribution in [0.25, 0.3) is 0 Å². The first-order valence-corrected chi connectivity index (χ1v) is 7.53. The Morgan fingerprint density at radius 2 is 1.95 bits per heavy atom. The monoisotopic (exact) mass is 270 g/mol. The minimum Gasteiger partial charge on any atom is -0.369 e. The van der Waals surface area contributed by atoms with Gasteiger partial charge in [-0.3, -0.25) is 4.79 Å². The van der Waals surface area contributed by atoms with Gasteiger partial charge in [-0.05, 0) is 50.6 Å². The predicted octanol–water partition coefficient (Wildman–Crippen LogP) is 1.94. The number of rotatable bonds is 7. The van der Waals surface area contributed by atoms with Crippen LogP contribution in [0.15, 0.2) is 0 Å². The van der Waals surface area contributed by atoms with Gasteiger partial charge in [0.2, 0.25) is 5.91 Å². The van der Waals surface area contributed by atoms with E-state index in [0.29, 0.717) is 12.5 Å². The number of hydrogen-bond acceptors (Lipinski definition) is 3. The molecule has 0 aromatic rings. The molecule has 1 amide bonds. The number of hydrogen-bond donors (Lipinski definition) is 2. The first-order chi connectivity index (χ1) is 8.93. The van der Waals surface area contributed by atoms with Gasteiger partial charge in [0.25, 0.3) is 0 Å². The van der Waals surface area contributed by atoms with E-state index in [2.05, 4.69) is 31.4 Å². The van der Waals surface area contributed by atoms with Crippen LogP contribution in [0, 0.1) is 11.3 Å². The molecule has 1 saturated heterocycles. The molecule has 0 bridgehead atoms. The van der Waals surface area contributed by atoms with Gasteiger partial charge in [0.15, 0.2) is 0 Å². The molecule has 0 radical (unpaired) electrons. The molecule has 19 heavy (non-hydrogen) atoms. The largest absolute Gasteiger partial charge is 0.369 e. The van der Waals surface area contributed by atoms with Gasteiger partial charge in [-0.1, -0.05) is 20.8 Å².